The summed E-state index contributed by atoms with van der Waals surface area (Å²) >= 11 is 0. The second-order valence-electron chi connectivity index (χ2n) is 5.78. The first-order valence-corrected chi connectivity index (χ1v) is 8.09. The van der Waals surface area contributed by atoms with Crippen LogP contribution in [0.4, 0.5) is 0 Å². The van der Waals surface area contributed by atoms with Gasteiger partial charge >= 0.3 is 0 Å². The molecule has 0 bridgehead atoms. The molecular formula is C19H23N3O3. The summed E-state index contributed by atoms with van der Waals surface area (Å²) < 4.78 is 18.2. The van der Waals surface area contributed by atoms with Gasteiger partial charge in [-0.25, -0.2) is 4.98 Å². The van der Waals surface area contributed by atoms with E-state index in [1.807, 2.05) is 35.0 Å². The van der Waals surface area contributed by atoms with Gasteiger partial charge in [-0.2, -0.15) is 0 Å². The highest BCUT2D eigenvalue weighted by Gasteiger charge is 2.12. The van der Waals surface area contributed by atoms with Gasteiger partial charge in [0.25, 0.3) is 0 Å². The van der Waals surface area contributed by atoms with E-state index in [1.54, 1.807) is 21.3 Å². The van der Waals surface area contributed by atoms with Crippen LogP contribution in [-0.4, -0.2) is 30.7 Å². The van der Waals surface area contributed by atoms with E-state index in [9.17, 15) is 0 Å². The van der Waals surface area contributed by atoms with Crippen molar-refractivity contribution in [2.75, 3.05) is 21.3 Å². The summed E-state index contributed by atoms with van der Waals surface area (Å²) in [6, 6.07) is 7.85. The largest absolute Gasteiger partial charge is 0.496 e. The number of benzene rings is 1. The average molecular weight is 341 g/mol. The van der Waals surface area contributed by atoms with E-state index >= 15 is 0 Å². The zero-order valence-electron chi connectivity index (χ0n) is 15.0. The van der Waals surface area contributed by atoms with Gasteiger partial charge in [-0.1, -0.05) is 6.07 Å². The summed E-state index contributed by atoms with van der Waals surface area (Å²) in [6.45, 7) is 3.36. The molecule has 0 atom stereocenters. The highest BCUT2D eigenvalue weighted by atomic mass is 16.5. The van der Waals surface area contributed by atoms with Crippen molar-refractivity contribution < 1.29 is 14.2 Å². The number of ether oxygens (including phenoxy) is 3. The molecule has 2 aromatic heterocycles. The standard InChI is InChI=1S/C19H23N3O3/c1-13-6-5-7-22-12-15(21-19(13)22)11-20-10-14-8-17(24-3)18(25-4)9-16(14)23-2/h5-9,12,20H,10-11H2,1-4H3. The summed E-state index contributed by atoms with van der Waals surface area (Å²) in [4.78, 5) is 4.67. The van der Waals surface area contributed by atoms with Gasteiger partial charge in [0.05, 0.1) is 27.0 Å². The predicted octanol–water partition coefficient (Wildman–Crippen LogP) is 2.96. The van der Waals surface area contributed by atoms with Crippen LogP contribution < -0.4 is 19.5 Å². The Balaban J connectivity index is 1.73. The van der Waals surface area contributed by atoms with Crippen LogP contribution in [0.3, 0.4) is 0 Å². The minimum Gasteiger partial charge on any atom is -0.496 e. The highest BCUT2D eigenvalue weighted by molar-refractivity contribution is 5.51. The Labute approximate surface area is 147 Å². The van der Waals surface area contributed by atoms with E-state index in [4.69, 9.17) is 14.2 Å². The van der Waals surface area contributed by atoms with E-state index in [1.165, 1.54) is 0 Å². The Morgan fingerprint density at radius 1 is 1.00 bits per heavy atom. The molecule has 6 nitrogen and oxygen atoms in total. The van der Waals surface area contributed by atoms with Crippen LogP contribution in [0.15, 0.2) is 36.7 Å². The molecule has 1 aromatic carbocycles. The Hall–Kier alpha value is -2.73. The van der Waals surface area contributed by atoms with Crippen molar-refractivity contribution in [3.05, 3.63) is 53.5 Å². The van der Waals surface area contributed by atoms with Crippen LogP contribution in [0.25, 0.3) is 5.65 Å². The quantitative estimate of drug-likeness (QED) is 0.716. The van der Waals surface area contributed by atoms with Crippen LogP contribution in [0.5, 0.6) is 17.2 Å². The first-order chi connectivity index (χ1) is 12.2. The Morgan fingerprint density at radius 3 is 2.40 bits per heavy atom. The van der Waals surface area contributed by atoms with Crippen molar-refractivity contribution in [3.8, 4) is 17.2 Å². The van der Waals surface area contributed by atoms with Crippen LogP contribution in [0.1, 0.15) is 16.8 Å². The zero-order valence-corrected chi connectivity index (χ0v) is 15.0. The molecule has 0 radical (unpaired) electrons. The van der Waals surface area contributed by atoms with Crippen LogP contribution in [0.2, 0.25) is 0 Å². The maximum Gasteiger partial charge on any atom is 0.164 e. The molecule has 2 heterocycles. The second kappa shape index (κ2) is 7.44. The van der Waals surface area contributed by atoms with Gasteiger partial charge in [0.2, 0.25) is 0 Å². The number of methoxy groups -OCH3 is 3. The molecular weight excluding hydrogens is 318 g/mol. The number of imidazole rings is 1. The molecule has 0 saturated heterocycles. The van der Waals surface area contributed by atoms with E-state index < -0.39 is 0 Å². The average Bonchev–Trinajstić information content (AvgIpc) is 3.05. The van der Waals surface area contributed by atoms with Crippen molar-refractivity contribution in [1.29, 1.82) is 0 Å². The minimum atomic E-state index is 0.635. The molecule has 0 aliphatic rings. The molecule has 0 fully saturated rings. The molecule has 3 aromatic rings. The van der Waals surface area contributed by atoms with Gasteiger partial charge in [-0.15, -0.1) is 0 Å². The third-order valence-electron chi connectivity index (χ3n) is 4.14. The molecule has 1 N–H and O–H groups in total. The number of aryl methyl sites for hydroxylation is 1. The molecule has 0 spiro atoms. The molecule has 0 aliphatic heterocycles. The Bertz CT molecular complexity index is 874. The number of nitrogens with zero attached hydrogens (tertiary/aromatic N) is 2. The predicted molar refractivity (Wildman–Crippen MR) is 96.6 cm³/mol. The van der Waals surface area contributed by atoms with Crippen molar-refractivity contribution in [2.24, 2.45) is 0 Å². The maximum atomic E-state index is 5.46. The van der Waals surface area contributed by atoms with Crippen molar-refractivity contribution in [3.63, 3.8) is 0 Å². The van der Waals surface area contributed by atoms with Crippen LogP contribution >= 0.6 is 0 Å². The topological polar surface area (TPSA) is 57.0 Å². The van der Waals surface area contributed by atoms with Gasteiger partial charge in [0.1, 0.15) is 11.4 Å². The van der Waals surface area contributed by atoms with Crippen molar-refractivity contribution in [1.82, 2.24) is 14.7 Å². The lowest BCUT2D eigenvalue weighted by Crippen LogP contribution is -2.14. The Kier molecular flexibility index (Phi) is 5.09. The first kappa shape index (κ1) is 17.1. The van der Waals surface area contributed by atoms with E-state index in [-0.39, 0.29) is 0 Å². The monoisotopic (exact) mass is 341 g/mol. The lowest BCUT2D eigenvalue weighted by molar-refractivity contribution is 0.347. The fraction of sp³-hybridized carbons (Fsp3) is 0.316. The molecule has 0 saturated carbocycles. The number of hydrogen-bond donors (Lipinski definition) is 1. The first-order valence-electron chi connectivity index (χ1n) is 8.09. The fourth-order valence-corrected chi connectivity index (χ4v) is 2.85. The molecule has 6 heteroatoms. The molecule has 3 rings (SSSR count). The van der Waals surface area contributed by atoms with Gasteiger partial charge in [-0.3, -0.25) is 0 Å². The number of pyridine rings is 1. The number of fused-ring (bicyclic) bond motifs is 1. The number of aromatic nitrogens is 2. The minimum absolute atomic E-state index is 0.635. The van der Waals surface area contributed by atoms with Crippen LogP contribution in [-0.2, 0) is 13.1 Å². The molecule has 0 unspecified atom stereocenters. The smallest absolute Gasteiger partial charge is 0.164 e. The summed E-state index contributed by atoms with van der Waals surface area (Å²) in [5.41, 5.74) is 4.15. The zero-order chi connectivity index (χ0) is 17.8. The molecule has 0 aliphatic carbocycles. The molecule has 0 amide bonds. The summed E-state index contributed by atoms with van der Waals surface area (Å²) in [5.74, 6) is 2.10. The lowest BCUT2D eigenvalue weighted by Gasteiger charge is -2.14. The van der Waals surface area contributed by atoms with E-state index in [0.717, 1.165) is 28.2 Å². The highest BCUT2D eigenvalue weighted by Crippen LogP contribution is 2.34. The van der Waals surface area contributed by atoms with Gasteiger partial charge < -0.3 is 23.9 Å². The summed E-state index contributed by atoms with van der Waals surface area (Å²) in [6.07, 6.45) is 4.05. The van der Waals surface area contributed by atoms with Gasteiger partial charge in [0, 0.05) is 37.1 Å². The van der Waals surface area contributed by atoms with E-state index in [0.29, 0.717) is 24.6 Å². The fourth-order valence-electron chi connectivity index (χ4n) is 2.85. The summed E-state index contributed by atoms with van der Waals surface area (Å²) in [7, 11) is 4.89. The molecule has 25 heavy (non-hydrogen) atoms. The lowest BCUT2D eigenvalue weighted by atomic mass is 10.1. The number of rotatable bonds is 7. The van der Waals surface area contributed by atoms with Gasteiger partial charge in [0.15, 0.2) is 11.5 Å². The van der Waals surface area contributed by atoms with E-state index in [2.05, 4.69) is 23.3 Å². The second-order valence-corrected chi connectivity index (χ2v) is 5.78. The third kappa shape index (κ3) is 3.53. The Morgan fingerprint density at radius 2 is 1.72 bits per heavy atom. The SMILES string of the molecule is COc1cc(OC)c(OC)cc1CNCc1cn2cccc(C)c2n1. The third-order valence-corrected chi connectivity index (χ3v) is 4.14. The van der Waals surface area contributed by atoms with Crippen molar-refractivity contribution >= 4 is 5.65 Å². The van der Waals surface area contributed by atoms with Crippen molar-refractivity contribution in [2.45, 2.75) is 20.0 Å². The van der Waals surface area contributed by atoms with Gasteiger partial charge in [-0.05, 0) is 24.6 Å². The summed E-state index contributed by atoms with van der Waals surface area (Å²) in [5, 5.41) is 3.41. The van der Waals surface area contributed by atoms with Crippen LogP contribution in [0, 0.1) is 6.92 Å². The number of nitrogens with one attached hydrogen (secondary N) is 1. The molecule has 132 valence electrons. The normalized spacial score (nSPS) is 10.9. The number of hydrogen-bond acceptors (Lipinski definition) is 5. The maximum absolute atomic E-state index is 5.46.